The summed E-state index contributed by atoms with van der Waals surface area (Å²) in [5, 5.41) is 17.1. The summed E-state index contributed by atoms with van der Waals surface area (Å²) < 4.78 is 5.37. The summed E-state index contributed by atoms with van der Waals surface area (Å²) in [6.07, 6.45) is 3.66. The molecule has 1 aromatic carbocycles. The molecule has 3 rings (SSSR count). The molecule has 2 aromatic rings. The molecule has 1 saturated carbocycles. The highest BCUT2D eigenvalue weighted by Gasteiger charge is 2.30. The SMILES string of the molecule is Cc1cc(C)c2onc(CC(=O)NC[C@@H]3CCCC[C@@H]3C(=O)O)c2c1. The molecule has 1 aromatic heterocycles. The van der Waals surface area contributed by atoms with Crippen LogP contribution >= 0.6 is 0 Å². The van der Waals surface area contributed by atoms with Crippen LogP contribution < -0.4 is 5.32 Å². The third kappa shape index (κ3) is 3.83. The molecule has 1 heterocycles. The Labute approximate surface area is 146 Å². The van der Waals surface area contributed by atoms with Crippen LogP contribution in [-0.4, -0.2) is 28.7 Å². The van der Waals surface area contributed by atoms with E-state index in [1.165, 1.54) is 0 Å². The van der Waals surface area contributed by atoms with Crippen LogP contribution in [0.1, 0.15) is 42.5 Å². The van der Waals surface area contributed by atoms with Crippen molar-refractivity contribution in [3.8, 4) is 0 Å². The summed E-state index contributed by atoms with van der Waals surface area (Å²) in [5.41, 5.74) is 3.44. The van der Waals surface area contributed by atoms with Gasteiger partial charge < -0.3 is 14.9 Å². The quantitative estimate of drug-likeness (QED) is 0.870. The van der Waals surface area contributed by atoms with Crippen molar-refractivity contribution in [2.24, 2.45) is 11.8 Å². The van der Waals surface area contributed by atoms with Crippen LogP contribution in [0.2, 0.25) is 0 Å². The van der Waals surface area contributed by atoms with Crippen molar-refractivity contribution >= 4 is 22.8 Å². The standard InChI is InChI=1S/C19H24N2O4/c1-11-7-12(2)18-15(8-11)16(21-25-18)9-17(22)20-10-13-5-3-4-6-14(13)19(23)24/h7-8,13-14H,3-6,9-10H2,1-2H3,(H,20,22)(H,23,24)/t13-,14-/m0/s1. The van der Waals surface area contributed by atoms with E-state index in [0.29, 0.717) is 24.2 Å². The molecular formula is C19H24N2O4. The van der Waals surface area contributed by atoms with Crippen molar-refractivity contribution in [3.63, 3.8) is 0 Å². The van der Waals surface area contributed by atoms with Crippen LogP contribution in [0.15, 0.2) is 16.7 Å². The number of carbonyl (C=O) groups excluding carboxylic acids is 1. The zero-order valence-electron chi connectivity index (χ0n) is 14.7. The number of aryl methyl sites for hydroxylation is 2. The van der Waals surface area contributed by atoms with E-state index in [1.807, 2.05) is 26.0 Å². The van der Waals surface area contributed by atoms with Gasteiger partial charge in [-0.1, -0.05) is 24.1 Å². The Morgan fingerprint density at radius 2 is 2.04 bits per heavy atom. The fraction of sp³-hybridized carbons (Fsp3) is 0.526. The Bertz CT molecular complexity index is 796. The number of fused-ring (bicyclic) bond motifs is 1. The highest BCUT2D eigenvalue weighted by molar-refractivity contribution is 5.88. The summed E-state index contributed by atoms with van der Waals surface area (Å²) in [6, 6.07) is 4.00. The topological polar surface area (TPSA) is 92.4 Å². The molecule has 2 N–H and O–H groups in total. The second kappa shape index (κ2) is 7.25. The van der Waals surface area contributed by atoms with Crippen molar-refractivity contribution in [1.82, 2.24) is 10.5 Å². The Kier molecular flexibility index (Phi) is 5.06. The van der Waals surface area contributed by atoms with E-state index in [1.54, 1.807) is 0 Å². The third-order valence-corrected chi connectivity index (χ3v) is 5.09. The normalized spacial score (nSPS) is 20.6. The first-order valence-electron chi connectivity index (χ1n) is 8.80. The van der Waals surface area contributed by atoms with Crippen molar-refractivity contribution in [2.75, 3.05) is 6.54 Å². The zero-order valence-corrected chi connectivity index (χ0v) is 14.7. The maximum atomic E-state index is 12.3. The lowest BCUT2D eigenvalue weighted by Gasteiger charge is -2.28. The Morgan fingerprint density at radius 3 is 2.80 bits per heavy atom. The van der Waals surface area contributed by atoms with Gasteiger partial charge in [0.1, 0.15) is 5.69 Å². The average Bonchev–Trinajstić information content (AvgIpc) is 2.96. The van der Waals surface area contributed by atoms with E-state index in [0.717, 1.165) is 35.8 Å². The number of aliphatic carboxylic acids is 1. The van der Waals surface area contributed by atoms with Gasteiger partial charge in [0.25, 0.3) is 0 Å². The molecule has 1 aliphatic carbocycles. The molecule has 1 fully saturated rings. The van der Waals surface area contributed by atoms with Crippen molar-refractivity contribution in [1.29, 1.82) is 0 Å². The van der Waals surface area contributed by atoms with Gasteiger partial charge in [-0.2, -0.15) is 0 Å². The number of carboxylic acids is 1. The Hall–Kier alpha value is -2.37. The maximum absolute atomic E-state index is 12.3. The first-order valence-corrected chi connectivity index (χ1v) is 8.80. The van der Waals surface area contributed by atoms with Crippen LogP contribution in [0.25, 0.3) is 11.0 Å². The van der Waals surface area contributed by atoms with Crippen LogP contribution in [-0.2, 0) is 16.0 Å². The molecule has 25 heavy (non-hydrogen) atoms. The maximum Gasteiger partial charge on any atom is 0.306 e. The van der Waals surface area contributed by atoms with Crippen LogP contribution in [0, 0.1) is 25.7 Å². The first kappa shape index (κ1) is 17.5. The van der Waals surface area contributed by atoms with Crippen molar-refractivity contribution in [3.05, 3.63) is 29.0 Å². The molecule has 0 bridgehead atoms. The molecule has 1 amide bonds. The van der Waals surface area contributed by atoms with Gasteiger partial charge in [0.15, 0.2) is 5.58 Å². The molecule has 0 saturated heterocycles. The van der Waals surface area contributed by atoms with Gasteiger partial charge in [-0.25, -0.2) is 0 Å². The molecule has 2 atom stereocenters. The van der Waals surface area contributed by atoms with Gasteiger partial charge in [-0.3, -0.25) is 9.59 Å². The van der Waals surface area contributed by atoms with Crippen molar-refractivity contribution in [2.45, 2.75) is 46.0 Å². The average molecular weight is 344 g/mol. The molecule has 0 aliphatic heterocycles. The second-order valence-electron chi connectivity index (χ2n) is 7.06. The lowest BCUT2D eigenvalue weighted by Crippen LogP contribution is -2.37. The van der Waals surface area contributed by atoms with Gasteiger partial charge in [-0.15, -0.1) is 0 Å². The fourth-order valence-electron chi connectivity index (χ4n) is 3.80. The van der Waals surface area contributed by atoms with E-state index < -0.39 is 5.97 Å². The van der Waals surface area contributed by atoms with Gasteiger partial charge in [0, 0.05) is 11.9 Å². The lowest BCUT2D eigenvalue weighted by molar-refractivity contribution is -0.145. The number of rotatable bonds is 5. The molecular weight excluding hydrogens is 320 g/mol. The lowest BCUT2D eigenvalue weighted by atomic mass is 9.79. The highest BCUT2D eigenvalue weighted by Crippen LogP contribution is 2.30. The summed E-state index contributed by atoms with van der Waals surface area (Å²) in [6.45, 7) is 4.36. The minimum atomic E-state index is -0.757. The van der Waals surface area contributed by atoms with E-state index in [2.05, 4.69) is 10.5 Å². The number of carboxylic acid groups (broad SMARTS) is 1. The number of hydrogen-bond donors (Lipinski definition) is 2. The summed E-state index contributed by atoms with van der Waals surface area (Å²) >= 11 is 0. The minimum Gasteiger partial charge on any atom is -0.481 e. The van der Waals surface area contributed by atoms with E-state index in [4.69, 9.17) is 4.52 Å². The van der Waals surface area contributed by atoms with Gasteiger partial charge in [-0.05, 0) is 49.8 Å². The number of hydrogen-bond acceptors (Lipinski definition) is 4. The third-order valence-electron chi connectivity index (χ3n) is 5.09. The molecule has 0 radical (unpaired) electrons. The van der Waals surface area contributed by atoms with Crippen LogP contribution in [0.5, 0.6) is 0 Å². The molecule has 6 nitrogen and oxygen atoms in total. The Morgan fingerprint density at radius 1 is 1.28 bits per heavy atom. The largest absolute Gasteiger partial charge is 0.481 e. The smallest absolute Gasteiger partial charge is 0.306 e. The number of nitrogens with one attached hydrogen (secondary N) is 1. The van der Waals surface area contributed by atoms with Crippen LogP contribution in [0.3, 0.4) is 0 Å². The fourth-order valence-corrected chi connectivity index (χ4v) is 3.80. The first-order chi connectivity index (χ1) is 12.0. The number of carbonyl (C=O) groups is 2. The molecule has 0 spiro atoms. The zero-order chi connectivity index (χ0) is 18.0. The molecule has 0 unspecified atom stereocenters. The van der Waals surface area contributed by atoms with E-state index >= 15 is 0 Å². The van der Waals surface area contributed by atoms with Crippen molar-refractivity contribution < 1.29 is 19.2 Å². The predicted octanol–water partition coefficient (Wildman–Crippen LogP) is 2.99. The Balaban J connectivity index is 1.64. The summed E-state index contributed by atoms with van der Waals surface area (Å²) in [5.74, 6) is -1.25. The highest BCUT2D eigenvalue weighted by atomic mass is 16.5. The molecule has 6 heteroatoms. The number of aromatic nitrogens is 1. The van der Waals surface area contributed by atoms with Crippen LogP contribution in [0.4, 0.5) is 0 Å². The summed E-state index contributed by atoms with van der Waals surface area (Å²) in [4.78, 5) is 23.6. The molecule has 1 aliphatic rings. The second-order valence-corrected chi connectivity index (χ2v) is 7.06. The summed E-state index contributed by atoms with van der Waals surface area (Å²) in [7, 11) is 0. The number of benzene rings is 1. The van der Waals surface area contributed by atoms with Gasteiger partial charge in [0.05, 0.1) is 12.3 Å². The van der Waals surface area contributed by atoms with E-state index in [9.17, 15) is 14.7 Å². The number of nitrogens with zero attached hydrogens (tertiary/aromatic N) is 1. The number of amides is 1. The van der Waals surface area contributed by atoms with E-state index in [-0.39, 0.29) is 24.2 Å². The predicted molar refractivity (Wildman–Crippen MR) is 93.3 cm³/mol. The van der Waals surface area contributed by atoms with Gasteiger partial charge >= 0.3 is 5.97 Å². The minimum absolute atomic E-state index is 0.00809. The monoisotopic (exact) mass is 344 g/mol. The molecule has 134 valence electrons. The van der Waals surface area contributed by atoms with Gasteiger partial charge in [0.2, 0.25) is 5.91 Å².